The van der Waals surface area contributed by atoms with Crippen molar-refractivity contribution in [2.45, 2.75) is 32.7 Å². The van der Waals surface area contributed by atoms with Gasteiger partial charge in [0.15, 0.2) is 0 Å². The molecule has 1 rings (SSSR count). The highest BCUT2D eigenvalue weighted by Gasteiger charge is 2.35. The van der Waals surface area contributed by atoms with Crippen LogP contribution in [0, 0.1) is 0 Å². The molecule has 19 heavy (non-hydrogen) atoms. The molecule has 0 unspecified atom stereocenters. The quantitative estimate of drug-likeness (QED) is 0.868. The van der Waals surface area contributed by atoms with Crippen LogP contribution >= 0.6 is 0 Å². The summed E-state index contributed by atoms with van der Waals surface area (Å²) in [5.41, 5.74) is -0.557. The Bertz CT molecular complexity index is 419. The van der Waals surface area contributed by atoms with Crippen LogP contribution in [-0.4, -0.2) is 29.4 Å². The Labute approximate surface area is 110 Å². The fourth-order valence-electron chi connectivity index (χ4n) is 1.92. The van der Waals surface area contributed by atoms with Gasteiger partial charge in [-0.3, -0.25) is 0 Å². The van der Waals surface area contributed by atoms with Gasteiger partial charge in [-0.25, -0.2) is 0 Å². The van der Waals surface area contributed by atoms with E-state index in [1.165, 1.54) is 17.0 Å². The van der Waals surface area contributed by atoms with Crippen molar-refractivity contribution in [3.8, 4) is 0 Å². The maximum Gasteiger partial charge on any atom is 0.418 e. The first-order chi connectivity index (χ1) is 8.81. The highest BCUT2D eigenvalue weighted by atomic mass is 19.4. The van der Waals surface area contributed by atoms with Crippen molar-refractivity contribution in [1.29, 1.82) is 0 Å². The van der Waals surface area contributed by atoms with Gasteiger partial charge in [-0.05, 0) is 31.5 Å². The van der Waals surface area contributed by atoms with E-state index < -0.39 is 18.3 Å². The average Bonchev–Trinajstić information content (AvgIpc) is 2.34. The Morgan fingerprint density at radius 3 is 2.26 bits per heavy atom. The van der Waals surface area contributed by atoms with Crippen LogP contribution in [0.25, 0.3) is 0 Å². The number of benzene rings is 1. The van der Waals surface area contributed by atoms with Crippen molar-refractivity contribution in [3.05, 3.63) is 29.3 Å². The lowest BCUT2D eigenvalue weighted by Crippen LogP contribution is -2.35. The van der Waals surface area contributed by atoms with E-state index >= 15 is 0 Å². The molecule has 0 fully saturated rings. The van der Waals surface area contributed by atoms with Crippen LogP contribution < -0.4 is 4.90 Å². The number of hydrogen-bond donors (Lipinski definition) is 2. The molecule has 0 saturated carbocycles. The molecule has 2 N–H and O–H groups in total. The van der Waals surface area contributed by atoms with Crippen molar-refractivity contribution in [3.63, 3.8) is 0 Å². The monoisotopic (exact) mass is 277 g/mol. The molecule has 0 amide bonds. The van der Waals surface area contributed by atoms with Crippen LogP contribution in [0.1, 0.15) is 25.0 Å². The van der Waals surface area contributed by atoms with Crippen LogP contribution in [0.2, 0.25) is 0 Å². The smallest absolute Gasteiger partial charge is 0.395 e. The first kappa shape index (κ1) is 15.8. The number of alkyl halides is 3. The lowest BCUT2D eigenvalue weighted by Gasteiger charge is -2.31. The number of aliphatic hydroxyl groups excluding tert-OH is 2. The molecule has 0 aromatic heterocycles. The molecule has 1 aromatic carbocycles. The minimum absolute atomic E-state index is 0.0220. The van der Waals surface area contributed by atoms with Gasteiger partial charge < -0.3 is 15.1 Å². The van der Waals surface area contributed by atoms with Crippen LogP contribution in [-0.2, 0) is 12.8 Å². The van der Waals surface area contributed by atoms with Crippen molar-refractivity contribution < 1.29 is 23.4 Å². The summed E-state index contributed by atoms with van der Waals surface area (Å²) in [6, 6.07) is 3.57. The zero-order chi connectivity index (χ0) is 14.6. The normalized spacial score (nSPS) is 12.0. The van der Waals surface area contributed by atoms with E-state index in [2.05, 4.69) is 0 Å². The Hall–Kier alpha value is -1.27. The first-order valence-electron chi connectivity index (χ1n) is 5.99. The highest BCUT2D eigenvalue weighted by Crippen LogP contribution is 2.37. The number of anilines is 1. The van der Waals surface area contributed by atoms with E-state index in [-0.39, 0.29) is 30.4 Å². The SMILES string of the molecule is CC(C)N(CCO)c1ccc(CO)cc1C(F)(F)F. The molecule has 0 bridgehead atoms. The summed E-state index contributed by atoms with van der Waals surface area (Å²) in [5, 5.41) is 17.9. The van der Waals surface area contributed by atoms with E-state index in [9.17, 15) is 13.2 Å². The summed E-state index contributed by atoms with van der Waals surface area (Å²) in [6.07, 6.45) is -4.50. The largest absolute Gasteiger partial charge is 0.418 e. The zero-order valence-corrected chi connectivity index (χ0v) is 10.9. The Kier molecular flexibility index (Phi) is 5.20. The molecule has 108 valence electrons. The molecule has 0 saturated heterocycles. The van der Waals surface area contributed by atoms with Gasteiger partial charge in [-0.1, -0.05) is 6.07 Å². The number of halogens is 3. The van der Waals surface area contributed by atoms with E-state index in [1.54, 1.807) is 13.8 Å². The molecule has 0 spiro atoms. The third kappa shape index (κ3) is 3.84. The molecule has 1 aromatic rings. The van der Waals surface area contributed by atoms with Crippen LogP contribution in [0.5, 0.6) is 0 Å². The third-order valence-electron chi connectivity index (χ3n) is 2.82. The lowest BCUT2D eigenvalue weighted by atomic mass is 10.1. The molecule has 3 nitrogen and oxygen atoms in total. The van der Waals surface area contributed by atoms with Gasteiger partial charge in [0.25, 0.3) is 0 Å². The van der Waals surface area contributed by atoms with Gasteiger partial charge in [0.2, 0.25) is 0 Å². The fraction of sp³-hybridized carbons (Fsp3) is 0.538. The highest BCUT2D eigenvalue weighted by molar-refractivity contribution is 5.57. The van der Waals surface area contributed by atoms with Gasteiger partial charge in [0, 0.05) is 18.3 Å². The van der Waals surface area contributed by atoms with Crippen molar-refractivity contribution >= 4 is 5.69 Å². The van der Waals surface area contributed by atoms with Gasteiger partial charge in [-0.15, -0.1) is 0 Å². The lowest BCUT2D eigenvalue weighted by molar-refractivity contribution is -0.137. The number of aliphatic hydroxyl groups is 2. The summed E-state index contributed by atoms with van der Waals surface area (Å²) in [4.78, 5) is 1.49. The summed E-state index contributed by atoms with van der Waals surface area (Å²) < 4.78 is 39.2. The number of nitrogens with zero attached hydrogens (tertiary/aromatic N) is 1. The van der Waals surface area contributed by atoms with E-state index in [0.29, 0.717) is 0 Å². The van der Waals surface area contributed by atoms with Crippen LogP contribution in [0.4, 0.5) is 18.9 Å². The van der Waals surface area contributed by atoms with E-state index in [0.717, 1.165) is 6.07 Å². The van der Waals surface area contributed by atoms with E-state index in [1.807, 2.05) is 0 Å². The van der Waals surface area contributed by atoms with Crippen LogP contribution in [0.15, 0.2) is 18.2 Å². The molecule has 0 radical (unpaired) electrons. The molecule has 0 heterocycles. The second-order valence-corrected chi connectivity index (χ2v) is 4.52. The Balaban J connectivity index is 3.32. The molecular formula is C13H18F3NO2. The van der Waals surface area contributed by atoms with Gasteiger partial charge in [0.05, 0.1) is 18.8 Å². The van der Waals surface area contributed by atoms with Crippen molar-refractivity contribution in [1.82, 2.24) is 0 Å². The summed E-state index contributed by atoms with van der Waals surface area (Å²) in [5.74, 6) is 0. The molecular weight excluding hydrogens is 259 g/mol. The van der Waals surface area contributed by atoms with Crippen molar-refractivity contribution in [2.75, 3.05) is 18.1 Å². The second kappa shape index (κ2) is 6.25. The Morgan fingerprint density at radius 1 is 1.21 bits per heavy atom. The molecule has 0 aliphatic heterocycles. The molecule has 6 heteroatoms. The summed E-state index contributed by atoms with van der Waals surface area (Å²) >= 11 is 0. The van der Waals surface area contributed by atoms with Gasteiger partial charge >= 0.3 is 6.18 Å². The minimum atomic E-state index is -4.50. The Morgan fingerprint density at radius 2 is 1.84 bits per heavy atom. The van der Waals surface area contributed by atoms with Crippen LogP contribution in [0.3, 0.4) is 0 Å². The number of hydrogen-bond acceptors (Lipinski definition) is 3. The fourth-order valence-corrected chi connectivity index (χ4v) is 1.92. The predicted octanol–water partition coefficient (Wildman–Crippen LogP) is 2.40. The zero-order valence-electron chi connectivity index (χ0n) is 10.9. The molecule has 0 atom stereocenters. The molecule has 0 aliphatic carbocycles. The third-order valence-corrected chi connectivity index (χ3v) is 2.82. The van der Waals surface area contributed by atoms with Crippen molar-refractivity contribution in [2.24, 2.45) is 0 Å². The summed E-state index contributed by atoms with van der Waals surface area (Å²) in [6.45, 7) is 2.98. The second-order valence-electron chi connectivity index (χ2n) is 4.52. The first-order valence-corrected chi connectivity index (χ1v) is 5.99. The predicted molar refractivity (Wildman–Crippen MR) is 66.9 cm³/mol. The average molecular weight is 277 g/mol. The molecule has 0 aliphatic rings. The standard InChI is InChI=1S/C13H18F3NO2/c1-9(2)17(5-6-18)12-4-3-10(8-19)7-11(12)13(14,15)16/h3-4,7,9,18-19H,5-6,8H2,1-2H3. The van der Waals surface area contributed by atoms with E-state index in [4.69, 9.17) is 10.2 Å². The summed E-state index contributed by atoms with van der Waals surface area (Å²) in [7, 11) is 0. The van der Waals surface area contributed by atoms with Gasteiger partial charge in [-0.2, -0.15) is 13.2 Å². The van der Waals surface area contributed by atoms with Gasteiger partial charge in [0.1, 0.15) is 0 Å². The topological polar surface area (TPSA) is 43.7 Å². The minimum Gasteiger partial charge on any atom is -0.395 e. The maximum atomic E-state index is 13.1. The number of rotatable bonds is 5. The maximum absolute atomic E-state index is 13.1.